The summed E-state index contributed by atoms with van der Waals surface area (Å²) in [7, 11) is 4.16. The summed E-state index contributed by atoms with van der Waals surface area (Å²) in [6.45, 7) is 4.63. The summed E-state index contributed by atoms with van der Waals surface area (Å²) in [5.41, 5.74) is 2.41. The third kappa shape index (κ3) is 4.71. The number of hydrogen-bond acceptors (Lipinski definition) is 8. The van der Waals surface area contributed by atoms with E-state index in [0.29, 0.717) is 36.0 Å². The number of nitrogens with zero attached hydrogens (tertiary/aromatic N) is 8. The Labute approximate surface area is 237 Å². The van der Waals surface area contributed by atoms with Crippen molar-refractivity contribution in [3.63, 3.8) is 0 Å². The van der Waals surface area contributed by atoms with E-state index < -0.39 is 0 Å². The van der Waals surface area contributed by atoms with Gasteiger partial charge in [-0.25, -0.2) is 19.3 Å². The topological polar surface area (TPSA) is 98.3 Å². The lowest BCUT2D eigenvalue weighted by atomic mass is 10.2. The highest BCUT2D eigenvalue weighted by Crippen LogP contribution is 2.32. The molecule has 0 unspecified atom stereocenters. The molecule has 0 atom stereocenters. The van der Waals surface area contributed by atoms with Gasteiger partial charge in [0.05, 0.1) is 13.1 Å². The standard InChI is InChI=1S/C30H33N9O2/c1-35(2)15-16-36-14-11-21-19-22(7-8-24(21)36)32-30-31-20-23-27(34-30)39-26-10-9-25-28(33-26)37(17-18-41-25)12-5-3-4-6-13-38(39)29(23)40/h4,6-11,14,19-20H,3,5,12-13,15-18H2,1-2H3,(H,31,32,34). The predicted molar refractivity (Wildman–Crippen MR) is 161 cm³/mol. The number of allylic oxidation sites excluding steroid dienone is 2. The Kier molecular flexibility index (Phi) is 6.43. The fourth-order valence-corrected chi connectivity index (χ4v) is 5.56. The van der Waals surface area contributed by atoms with Crippen molar-refractivity contribution in [2.75, 3.05) is 50.6 Å². The van der Waals surface area contributed by atoms with Crippen LogP contribution in [0.25, 0.3) is 27.8 Å². The van der Waals surface area contributed by atoms with E-state index in [-0.39, 0.29) is 5.56 Å². The SMILES string of the molecule is CN(C)CCn1ccc2cc(Nc3ncc4c(=O)n5n(c4n3)-c3ccc4c(n3)N(CCCC=CC5)CCO4)ccc21. The smallest absolute Gasteiger partial charge is 0.278 e. The lowest BCUT2D eigenvalue weighted by Crippen LogP contribution is -2.34. The molecule has 41 heavy (non-hydrogen) atoms. The molecule has 0 spiro atoms. The fraction of sp³-hybridized carbons (Fsp3) is 0.333. The highest BCUT2D eigenvalue weighted by molar-refractivity contribution is 5.85. The van der Waals surface area contributed by atoms with Crippen LogP contribution in [0, 0.1) is 0 Å². The van der Waals surface area contributed by atoms with Gasteiger partial charge in [-0.3, -0.25) is 4.79 Å². The number of anilines is 3. The van der Waals surface area contributed by atoms with Crippen LogP contribution < -0.4 is 20.5 Å². The Balaban J connectivity index is 1.29. The van der Waals surface area contributed by atoms with Crippen molar-refractivity contribution >= 4 is 39.4 Å². The number of nitrogens with one attached hydrogen (secondary N) is 1. The maximum atomic E-state index is 13.5. The monoisotopic (exact) mass is 551 g/mol. The van der Waals surface area contributed by atoms with Gasteiger partial charge in [-0.15, -0.1) is 0 Å². The molecule has 4 aromatic heterocycles. The Morgan fingerprint density at radius 3 is 2.90 bits per heavy atom. The minimum atomic E-state index is -0.152. The van der Waals surface area contributed by atoms with E-state index in [9.17, 15) is 4.79 Å². The molecule has 1 N–H and O–H groups in total. The van der Waals surface area contributed by atoms with Crippen LogP contribution in [-0.2, 0) is 13.1 Å². The van der Waals surface area contributed by atoms with Crippen molar-refractivity contribution in [2.45, 2.75) is 25.9 Å². The summed E-state index contributed by atoms with van der Waals surface area (Å²) in [6.07, 6.45) is 9.84. The first kappa shape index (κ1) is 25.3. The molecule has 0 radical (unpaired) electrons. The van der Waals surface area contributed by atoms with Gasteiger partial charge in [-0.2, -0.15) is 4.98 Å². The number of hydrogen-bond donors (Lipinski definition) is 1. The van der Waals surface area contributed by atoms with Crippen molar-refractivity contribution < 1.29 is 4.74 Å². The second-order valence-corrected chi connectivity index (χ2v) is 10.8. The normalized spacial score (nSPS) is 15.0. The van der Waals surface area contributed by atoms with E-state index in [1.165, 1.54) is 5.52 Å². The molecule has 6 heterocycles. The van der Waals surface area contributed by atoms with Crippen LogP contribution in [0.1, 0.15) is 12.8 Å². The van der Waals surface area contributed by atoms with Crippen molar-refractivity contribution in [2.24, 2.45) is 0 Å². The Hall–Kier alpha value is -4.64. The number of pyridine rings is 1. The average molecular weight is 552 g/mol. The van der Waals surface area contributed by atoms with Crippen molar-refractivity contribution in [1.29, 1.82) is 0 Å². The minimum absolute atomic E-state index is 0.152. The van der Waals surface area contributed by atoms with Crippen LogP contribution in [0.3, 0.4) is 0 Å². The summed E-state index contributed by atoms with van der Waals surface area (Å²) < 4.78 is 11.6. The lowest BCUT2D eigenvalue weighted by Gasteiger charge is -2.30. The number of likely N-dealkylation sites (N-methyl/N-ethyl adjacent to an activating group) is 1. The number of rotatable bonds is 5. The molecule has 11 heteroatoms. The quantitative estimate of drug-likeness (QED) is 0.330. The number of fused-ring (bicyclic) bond motifs is 6. The van der Waals surface area contributed by atoms with E-state index in [2.05, 4.69) is 69.2 Å². The molecule has 1 aromatic carbocycles. The van der Waals surface area contributed by atoms with Crippen LogP contribution in [0.2, 0.25) is 0 Å². The Morgan fingerprint density at radius 2 is 2.00 bits per heavy atom. The van der Waals surface area contributed by atoms with Crippen LogP contribution in [0.5, 0.6) is 5.75 Å². The van der Waals surface area contributed by atoms with Gasteiger partial charge in [0.2, 0.25) is 5.95 Å². The van der Waals surface area contributed by atoms with E-state index in [1.807, 2.05) is 24.3 Å². The Morgan fingerprint density at radius 1 is 1.07 bits per heavy atom. The molecule has 5 aromatic rings. The predicted octanol–water partition coefficient (Wildman–Crippen LogP) is 3.79. The van der Waals surface area contributed by atoms with Gasteiger partial charge in [0.25, 0.3) is 5.56 Å². The Bertz CT molecular complexity index is 1830. The number of aromatic nitrogens is 6. The van der Waals surface area contributed by atoms with Gasteiger partial charge in [-0.05, 0) is 63.3 Å². The summed E-state index contributed by atoms with van der Waals surface area (Å²) in [5.74, 6) is 2.60. The highest BCUT2D eigenvalue weighted by atomic mass is 16.5. The van der Waals surface area contributed by atoms with Gasteiger partial charge in [0, 0.05) is 48.6 Å². The molecule has 0 fully saturated rings. The molecule has 2 aliphatic heterocycles. The molecule has 11 nitrogen and oxygen atoms in total. The molecule has 0 aliphatic carbocycles. The minimum Gasteiger partial charge on any atom is -0.488 e. The summed E-state index contributed by atoms with van der Waals surface area (Å²) in [4.78, 5) is 32.3. The molecule has 0 amide bonds. The van der Waals surface area contributed by atoms with Crippen LogP contribution in [0.4, 0.5) is 17.5 Å². The number of ether oxygens (including phenoxy) is 1. The van der Waals surface area contributed by atoms with E-state index in [4.69, 9.17) is 14.7 Å². The second-order valence-electron chi connectivity index (χ2n) is 10.8. The molecular formula is C30H33N9O2. The van der Waals surface area contributed by atoms with Gasteiger partial charge in [-0.1, -0.05) is 12.2 Å². The first-order valence-corrected chi connectivity index (χ1v) is 14.1. The fourth-order valence-electron chi connectivity index (χ4n) is 5.56. The maximum Gasteiger partial charge on any atom is 0.278 e. The molecule has 7 rings (SSSR count). The average Bonchev–Trinajstić information content (AvgIpc) is 3.50. The van der Waals surface area contributed by atoms with E-state index >= 15 is 0 Å². The molecule has 2 aliphatic rings. The second kappa shape index (κ2) is 10.4. The molecule has 2 bridgehead atoms. The maximum absolute atomic E-state index is 13.5. The van der Waals surface area contributed by atoms with Gasteiger partial charge >= 0.3 is 0 Å². The van der Waals surface area contributed by atoms with E-state index in [0.717, 1.165) is 61.7 Å². The zero-order valence-electron chi connectivity index (χ0n) is 23.3. The first-order valence-electron chi connectivity index (χ1n) is 14.1. The largest absolute Gasteiger partial charge is 0.488 e. The third-order valence-electron chi connectivity index (χ3n) is 7.69. The van der Waals surface area contributed by atoms with Gasteiger partial charge in [0.15, 0.2) is 23.0 Å². The first-order chi connectivity index (χ1) is 20.0. The molecule has 0 saturated heterocycles. The van der Waals surface area contributed by atoms with Crippen molar-refractivity contribution in [1.82, 2.24) is 33.8 Å². The summed E-state index contributed by atoms with van der Waals surface area (Å²) in [6, 6.07) is 12.2. The zero-order chi connectivity index (χ0) is 27.9. The van der Waals surface area contributed by atoms with Crippen LogP contribution in [-0.4, -0.2) is 74.1 Å². The van der Waals surface area contributed by atoms with Crippen molar-refractivity contribution in [3.8, 4) is 11.6 Å². The molecular weight excluding hydrogens is 518 g/mol. The van der Waals surface area contributed by atoms with Gasteiger partial charge < -0.3 is 24.4 Å². The molecule has 210 valence electrons. The summed E-state index contributed by atoms with van der Waals surface area (Å²) >= 11 is 0. The zero-order valence-corrected chi connectivity index (χ0v) is 23.3. The van der Waals surface area contributed by atoms with Crippen LogP contribution in [0.15, 0.2) is 65.7 Å². The third-order valence-corrected chi connectivity index (χ3v) is 7.69. The van der Waals surface area contributed by atoms with Crippen molar-refractivity contribution in [3.05, 3.63) is 71.3 Å². The van der Waals surface area contributed by atoms with E-state index in [1.54, 1.807) is 15.6 Å². The van der Waals surface area contributed by atoms with Gasteiger partial charge in [0.1, 0.15) is 12.0 Å². The number of benzene rings is 1. The lowest BCUT2D eigenvalue weighted by molar-refractivity contribution is 0.304. The summed E-state index contributed by atoms with van der Waals surface area (Å²) in [5, 5.41) is 4.93. The highest BCUT2D eigenvalue weighted by Gasteiger charge is 2.23. The van der Waals surface area contributed by atoms with Crippen LogP contribution >= 0.6 is 0 Å². The molecule has 0 saturated carbocycles.